The Morgan fingerprint density at radius 3 is 2.55 bits per heavy atom. The van der Waals surface area contributed by atoms with Crippen molar-refractivity contribution in [3.05, 3.63) is 71.9 Å². The first-order valence-electron chi connectivity index (χ1n) is 9.76. The number of aliphatic hydroxyl groups is 1. The van der Waals surface area contributed by atoms with E-state index in [4.69, 9.17) is 4.74 Å². The molecule has 0 aliphatic heterocycles. The van der Waals surface area contributed by atoms with Crippen LogP contribution in [-0.4, -0.2) is 43.6 Å². The number of ether oxygens (including phenoxy) is 2. The summed E-state index contributed by atoms with van der Waals surface area (Å²) in [6, 6.07) is 18.1. The maximum Gasteiger partial charge on any atom is 0.410 e. The molecule has 0 aromatic heterocycles. The van der Waals surface area contributed by atoms with Gasteiger partial charge in [-0.1, -0.05) is 42.5 Å². The van der Waals surface area contributed by atoms with Crippen molar-refractivity contribution in [1.29, 1.82) is 0 Å². The van der Waals surface area contributed by atoms with Gasteiger partial charge in [-0.2, -0.15) is 0 Å². The van der Waals surface area contributed by atoms with Gasteiger partial charge in [-0.15, -0.1) is 0 Å². The van der Waals surface area contributed by atoms with Crippen LogP contribution in [0.2, 0.25) is 0 Å². The summed E-state index contributed by atoms with van der Waals surface area (Å²) >= 11 is 0. The Bertz CT molecular complexity index is 747. The molecule has 2 unspecified atom stereocenters. The summed E-state index contributed by atoms with van der Waals surface area (Å²) in [5.41, 5.74) is 2.23. The van der Waals surface area contributed by atoms with Gasteiger partial charge in [-0.3, -0.25) is 5.32 Å². The molecular formula is C23H30N2O4. The number of benzene rings is 2. The van der Waals surface area contributed by atoms with E-state index in [0.717, 1.165) is 18.4 Å². The van der Waals surface area contributed by atoms with Crippen LogP contribution in [0.25, 0.3) is 6.08 Å². The van der Waals surface area contributed by atoms with E-state index in [0.29, 0.717) is 18.3 Å². The summed E-state index contributed by atoms with van der Waals surface area (Å²) in [4.78, 5) is 11.0. The number of rotatable bonds is 11. The zero-order valence-electron chi connectivity index (χ0n) is 17.0. The standard InChI is InChI=1S/C23H30N2O4/c1-18(8-9-19-6-4-3-5-7-19)25-16-21(26)17-29-22-12-10-20(11-13-22)14-15-24-23(27)28-2/h3-7,10-15,18,21,25-26H,8-9,16-17H2,1-2H3,(H,24,27). The summed E-state index contributed by atoms with van der Waals surface area (Å²) in [7, 11) is 1.31. The molecule has 2 rings (SSSR count). The first kappa shape index (κ1) is 22.5. The van der Waals surface area contributed by atoms with Crippen molar-refractivity contribution in [2.45, 2.75) is 31.9 Å². The first-order chi connectivity index (χ1) is 14.1. The van der Waals surface area contributed by atoms with Crippen molar-refractivity contribution in [1.82, 2.24) is 10.6 Å². The van der Waals surface area contributed by atoms with E-state index in [9.17, 15) is 9.90 Å². The van der Waals surface area contributed by atoms with Crippen molar-refractivity contribution >= 4 is 12.2 Å². The minimum Gasteiger partial charge on any atom is -0.491 e. The lowest BCUT2D eigenvalue weighted by atomic mass is 10.1. The first-order valence-corrected chi connectivity index (χ1v) is 9.76. The van der Waals surface area contributed by atoms with Gasteiger partial charge >= 0.3 is 6.09 Å². The molecular weight excluding hydrogens is 368 g/mol. The Labute approximate surface area is 172 Å². The maximum absolute atomic E-state index is 11.0. The van der Waals surface area contributed by atoms with Crippen molar-refractivity contribution < 1.29 is 19.4 Å². The highest BCUT2D eigenvalue weighted by atomic mass is 16.5. The summed E-state index contributed by atoms with van der Waals surface area (Å²) < 4.78 is 10.1. The molecule has 0 aliphatic carbocycles. The average Bonchev–Trinajstić information content (AvgIpc) is 2.76. The molecule has 3 N–H and O–H groups in total. The molecule has 2 aromatic carbocycles. The lowest BCUT2D eigenvalue weighted by Crippen LogP contribution is -2.36. The lowest BCUT2D eigenvalue weighted by molar-refractivity contribution is 0.104. The highest BCUT2D eigenvalue weighted by Gasteiger charge is 2.08. The quantitative estimate of drug-likeness (QED) is 0.541. The van der Waals surface area contributed by atoms with E-state index >= 15 is 0 Å². The fourth-order valence-corrected chi connectivity index (χ4v) is 2.66. The molecule has 0 fully saturated rings. The third kappa shape index (κ3) is 9.27. The Balaban J connectivity index is 1.64. The van der Waals surface area contributed by atoms with Crippen LogP contribution in [0.3, 0.4) is 0 Å². The van der Waals surface area contributed by atoms with Crippen LogP contribution < -0.4 is 15.4 Å². The van der Waals surface area contributed by atoms with Crippen LogP contribution in [0, 0.1) is 0 Å². The third-order valence-corrected chi connectivity index (χ3v) is 4.40. The number of carbonyl (C=O) groups is 1. The number of amides is 1. The van der Waals surface area contributed by atoms with Crippen molar-refractivity contribution in [3.8, 4) is 5.75 Å². The van der Waals surface area contributed by atoms with Gasteiger partial charge < -0.3 is 19.9 Å². The predicted molar refractivity (Wildman–Crippen MR) is 115 cm³/mol. The van der Waals surface area contributed by atoms with E-state index in [-0.39, 0.29) is 6.61 Å². The highest BCUT2D eigenvalue weighted by molar-refractivity contribution is 5.69. The van der Waals surface area contributed by atoms with Crippen molar-refractivity contribution in [3.63, 3.8) is 0 Å². The molecule has 0 spiro atoms. The minimum absolute atomic E-state index is 0.220. The smallest absolute Gasteiger partial charge is 0.410 e. The fraction of sp³-hybridized carbons (Fsp3) is 0.348. The van der Waals surface area contributed by atoms with Gasteiger partial charge in [0, 0.05) is 18.8 Å². The molecule has 2 aromatic rings. The lowest BCUT2D eigenvalue weighted by Gasteiger charge is -2.17. The zero-order valence-corrected chi connectivity index (χ0v) is 17.0. The van der Waals surface area contributed by atoms with Gasteiger partial charge in [0.05, 0.1) is 7.11 Å². The second kappa shape index (κ2) is 12.6. The zero-order chi connectivity index (χ0) is 20.9. The van der Waals surface area contributed by atoms with E-state index in [1.165, 1.54) is 18.9 Å². The number of methoxy groups -OCH3 is 1. The summed E-state index contributed by atoms with van der Waals surface area (Å²) in [5.74, 6) is 0.680. The Morgan fingerprint density at radius 2 is 1.86 bits per heavy atom. The molecule has 29 heavy (non-hydrogen) atoms. The third-order valence-electron chi connectivity index (χ3n) is 4.40. The Hall–Kier alpha value is -2.83. The minimum atomic E-state index is -0.585. The monoisotopic (exact) mass is 398 g/mol. The second-order valence-electron chi connectivity index (χ2n) is 6.84. The van der Waals surface area contributed by atoms with Crippen LogP contribution in [-0.2, 0) is 11.2 Å². The van der Waals surface area contributed by atoms with E-state index in [1.54, 1.807) is 6.08 Å². The summed E-state index contributed by atoms with van der Waals surface area (Å²) in [5, 5.41) is 16.0. The Kier molecular flexibility index (Phi) is 9.75. The van der Waals surface area contributed by atoms with Gasteiger partial charge in [-0.25, -0.2) is 4.79 Å². The van der Waals surface area contributed by atoms with Gasteiger partial charge in [0.1, 0.15) is 18.5 Å². The number of carbonyl (C=O) groups excluding carboxylic acids is 1. The summed E-state index contributed by atoms with van der Waals surface area (Å²) in [6.07, 6.45) is 4.18. The molecule has 156 valence electrons. The van der Waals surface area contributed by atoms with Gasteiger partial charge in [0.25, 0.3) is 0 Å². The molecule has 1 amide bonds. The molecule has 2 atom stereocenters. The highest BCUT2D eigenvalue weighted by Crippen LogP contribution is 2.13. The molecule has 6 heteroatoms. The topological polar surface area (TPSA) is 79.8 Å². The maximum atomic E-state index is 11.0. The molecule has 0 bridgehead atoms. The van der Waals surface area contributed by atoms with Gasteiger partial charge in [-0.05, 0) is 49.1 Å². The van der Waals surface area contributed by atoms with Crippen molar-refractivity contribution in [2.24, 2.45) is 0 Å². The number of hydrogen-bond acceptors (Lipinski definition) is 5. The summed E-state index contributed by atoms with van der Waals surface area (Å²) in [6.45, 7) is 2.82. The largest absolute Gasteiger partial charge is 0.491 e. The van der Waals surface area contributed by atoms with E-state index in [2.05, 4.69) is 46.6 Å². The van der Waals surface area contributed by atoms with Crippen molar-refractivity contribution in [2.75, 3.05) is 20.3 Å². The van der Waals surface area contributed by atoms with Crippen LogP contribution >= 0.6 is 0 Å². The second-order valence-corrected chi connectivity index (χ2v) is 6.84. The van der Waals surface area contributed by atoms with E-state index < -0.39 is 12.2 Å². The van der Waals surface area contributed by atoms with Crippen LogP contribution in [0.15, 0.2) is 60.8 Å². The Morgan fingerprint density at radius 1 is 1.14 bits per heavy atom. The van der Waals surface area contributed by atoms with Crippen LogP contribution in [0.4, 0.5) is 4.79 Å². The number of nitrogens with one attached hydrogen (secondary N) is 2. The SMILES string of the molecule is COC(=O)NC=Cc1ccc(OCC(O)CNC(C)CCc2ccccc2)cc1. The van der Waals surface area contributed by atoms with Crippen LogP contribution in [0.5, 0.6) is 5.75 Å². The van der Waals surface area contributed by atoms with Gasteiger partial charge in [0.2, 0.25) is 0 Å². The van der Waals surface area contributed by atoms with Gasteiger partial charge in [0.15, 0.2) is 0 Å². The average molecular weight is 399 g/mol. The van der Waals surface area contributed by atoms with E-state index in [1.807, 2.05) is 30.3 Å². The van der Waals surface area contributed by atoms with Crippen LogP contribution in [0.1, 0.15) is 24.5 Å². The molecule has 0 saturated carbocycles. The molecule has 0 radical (unpaired) electrons. The number of aryl methyl sites for hydroxylation is 1. The fourth-order valence-electron chi connectivity index (χ4n) is 2.66. The number of aliphatic hydroxyl groups excluding tert-OH is 1. The molecule has 6 nitrogen and oxygen atoms in total. The number of hydrogen-bond donors (Lipinski definition) is 3. The number of alkyl carbamates (subject to hydrolysis) is 1. The molecule has 0 aliphatic rings. The molecule has 0 saturated heterocycles. The molecule has 0 heterocycles. The predicted octanol–water partition coefficient (Wildman–Crippen LogP) is 3.36. The normalized spacial score (nSPS) is 13.1.